The highest BCUT2D eigenvalue weighted by atomic mass is 16.6. The Morgan fingerprint density at radius 1 is 1.22 bits per heavy atom. The van der Waals surface area contributed by atoms with Crippen LogP contribution in [0.2, 0.25) is 0 Å². The first-order chi connectivity index (χ1) is 10.6. The fourth-order valence-corrected chi connectivity index (χ4v) is 2.58. The van der Waals surface area contributed by atoms with Crippen molar-refractivity contribution < 1.29 is 19.1 Å². The Kier molecular flexibility index (Phi) is 4.59. The summed E-state index contributed by atoms with van der Waals surface area (Å²) < 4.78 is 5.17. The second-order valence-electron chi connectivity index (χ2n) is 7.10. The molecule has 0 bridgehead atoms. The van der Waals surface area contributed by atoms with Crippen LogP contribution in [-0.2, 0) is 25.5 Å². The zero-order valence-corrected chi connectivity index (χ0v) is 14.0. The maximum atomic E-state index is 12.6. The Hall–Kier alpha value is -2.17. The lowest BCUT2D eigenvalue weighted by atomic mass is 9.88. The first kappa shape index (κ1) is 17.2. The quantitative estimate of drug-likeness (QED) is 0.681. The third-order valence-electron chi connectivity index (χ3n) is 3.86. The van der Waals surface area contributed by atoms with Gasteiger partial charge in [0.15, 0.2) is 5.78 Å². The van der Waals surface area contributed by atoms with Gasteiger partial charge in [-0.3, -0.25) is 14.4 Å². The minimum atomic E-state index is -1.73. The Morgan fingerprint density at radius 2 is 1.83 bits per heavy atom. The van der Waals surface area contributed by atoms with Crippen LogP contribution in [0.15, 0.2) is 30.3 Å². The molecule has 0 spiro atoms. The second-order valence-corrected chi connectivity index (χ2v) is 7.10. The number of rotatable bonds is 4. The highest BCUT2D eigenvalue weighted by molar-refractivity contribution is 6.20. The molecule has 1 amide bonds. The molecule has 23 heavy (non-hydrogen) atoms. The molecule has 2 unspecified atom stereocenters. The van der Waals surface area contributed by atoms with Crippen LogP contribution >= 0.6 is 0 Å². The molecule has 1 aromatic carbocycles. The van der Waals surface area contributed by atoms with Crippen LogP contribution in [0, 0.1) is 5.92 Å². The number of amides is 1. The molecule has 1 saturated heterocycles. The fraction of sp³-hybridized carbons (Fsp3) is 0.500. The number of cyclic esters (lactones) is 1. The van der Waals surface area contributed by atoms with Crippen LogP contribution < -0.4 is 5.32 Å². The molecule has 1 aromatic rings. The Labute approximate surface area is 136 Å². The third kappa shape index (κ3) is 3.78. The number of nitrogens with one attached hydrogen (secondary N) is 1. The Morgan fingerprint density at radius 3 is 2.39 bits per heavy atom. The molecule has 5 nitrogen and oxygen atoms in total. The number of Topliss-reactive ketones (excluding diaryl/α,β-unsaturated/α-hetero) is 1. The summed E-state index contributed by atoms with van der Waals surface area (Å²) in [5.41, 5.74) is -1.19. The molecular formula is C18H23NO4. The highest BCUT2D eigenvalue weighted by Gasteiger charge is 2.57. The van der Waals surface area contributed by atoms with Gasteiger partial charge >= 0.3 is 5.97 Å². The molecule has 0 radical (unpaired) electrons. The number of benzene rings is 1. The molecule has 0 saturated carbocycles. The molecule has 1 aliphatic heterocycles. The number of esters is 1. The van der Waals surface area contributed by atoms with E-state index in [1.807, 2.05) is 51.1 Å². The average molecular weight is 317 g/mol. The van der Waals surface area contributed by atoms with Crippen molar-refractivity contribution in [3.63, 3.8) is 0 Å². The van der Waals surface area contributed by atoms with Gasteiger partial charge in [0.05, 0.1) is 0 Å². The molecule has 2 atom stereocenters. The van der Waals surface area contributed by atoms with Gasteiger partial charge < -0.3 is 10.1 Å². The monoisotopic (exact) mass is 317 g/mol. The van der Waals surface area contributed by atoms with E-state index in [0.717, 1.165) is 5.56 Å². The SMILES string of the molecule is CC(C)(C)NC(=O)C1(C)OC(=O)C(CCc2ccccc2)C1=O. The van der Waals surface area contributed by atoms with Crippen LogP contribution in [0.4, 0.5) is 0 Å². The smallest absolute Gasteiger partial charge is 0.318 e. The van der Waals surface area contributed by atoms with Gasteiger partial charge in [-0.15, -0.1) is 0 Å². The van der Waals surface area contributed by atoms with Crippen molar-refractivity contribution >= 4 is 17.7 Å². The van der Waals surface area contributed by atoms with E-state index in [1.165, 1.54) is 6.92 Å². The van der Waals surface area contributed by atoms with Crippen molar-refractivity contribution in [2.24, 2.45) is 5.92 Å². The van der Waals surface area contributed by atoms with Crippen LogP contribution in [0.25, 0.3) is 0 Å². The van der Waals surface area contributed by atoms with Crippen molar-refractivity contribution in [3.8, 4) is 0 Å². The number of carbonyl (C=O) groups excluding carboxylic acids is 3. The lowest BCUT2D eigenvalue weighted by molar-refractivity contribution is -0.160. The molecular weight excluding hydrogens is 294 g/mol. The second kappa shape index (κ2) is 6.14. The first-order valence-corrected chi connectivity index (χ1v) is 7.77. The maximum Gasteiger partial charge on any atom is 0.318 e. The van der Waals surface area contributed by atoms with E-state index in [1.54, 1.807) is 0 Å². The van der Waals surface area contributed by atoms with Crippen molar-refractivity contribution in [1.29, 1.82) is 0 Å². The number of hydrogen-bond acceptors (Lipinski definition) is 4. The summed E-state index contributed by atoms with van der Waals surface area (Å²) in [7, 11) is 0. The summed E-state index contributed by atoms with van der Waals surface area (Å²) in [5.74, 6) is -2.52. The summed E-state index contributed by atoms with van der Waals surface area (Å²) in [5, 5.41) is 2.71. The number of ether oxygens (including phenoxy) is 1. The number of hydrogen-bond donors (Lipinski definition) is 1. The predicted octanol–water partition coefficient (Wildman–Crippen LogP) is 2.03. The number of carbonyl (C=O) groups is 3. The topological polar surface area (TPSA) is 72.5 Å². The van der Waals surface area contributed by atoms with E-state index < -0.39 is 34.7 Å². The summed E-state index contributed by atoms with van der Waals surface area (Å²) in [4.78, 5) is 37.0. The van der Waals surface area contributed by atoms with Gasteiger partial charge in [0.2, 0.25) is 5.60 Å². The van der Waals surface area contributed by atoms with E-state index in [0.29, 0.717) is 12.8 Å². The lowest BCUT2D eigenvalue weighted by Gasteiger charge is -2.27. The van der Waals surface area contributed by atoms with Crippen molar-refractivity contribution in [2.45, 2.75) is 51.7 Å². The van der Waals surface area contributed by atoms with E-state index in [9.17, 15) is 14.4 Å². The molecule has 124 valence electrons. The predicted molar refractivity (Wildman–Crippen MR) is 85.7 cm³/mol. The van der Waals surface area contributed by atoms with Gasteiger partial charge in [-0.2, -0.15) is 0 Å². The van der Waals surface area contributed by atoms with Crippen molar-refractivity contribution in [2.75, 3.05) is 0 Å². The Balaban J connectivity index is 2.08. The molecule has 1 N–H and O–H groups in total. The molecule has 1 heterocycles. The van der Waals surface area contributed by atoms with Gasteiger partial charge in [0.1, 0.15) is 5.92 Å². The Bertz CT molecular complexity index is 618. The minimum Gasteiger partial charge on any atom is -0.440 e. The van der Waals surface area contributed by atoms with Gasteiger partial charge in [-0.05, 0) is 46.1 Å². The van der Waals surface area contributed by atoms with Gasteiger partial charge in [0.25, 0.3) is 5.91 Å². The van der Waals surface area contributed by atoms with Crippen LogP contribution in [-0.4, -0.2) is 28.8 Å². The summed E-state index contributed by atoms with van der Waals surface area (Å²) >= 11 is 0. The van der Waals surface area contributed by atoms with Gasteiger partial charge in [-0.25, -0.2) is 0 Å². The maximum absolute atomic E-state index is 12.6. The number of ketones is 1. The lowest BCUT2D eigenvalue weighted by Crippen LogP contribution is -2.55. The van der Waals surface area contributed by atoms with E-state index in [4.69, 9.17) is 4.74 Å². The molecule has 1 fully saturated rings. The molecule has 5 heteroatoms. The zero-order valence-electron chi connectivity index (χ0n) is 14.0. The fourth-order valence-electron chi connectivity index (χ4n) is 2.58. The summed E-state index contributed by atoms with van der Waals surface area (Å²) in [6.07, 6.45) is 0.934. The third-order valence-corrected chi connectivity index (χ3v) is 3.86. The minimum absolute atomic E-state index is 0.347. The van der Waals surface area contributed by atoms with Crippen LogP contribution in [0.1, 0.15) is 39.7 Å². The van der Waals surface area contributed by atoms with Crippen LogP contribution in [0.3, 0.4) is 0 Å². The summed E-state index contributed by atoms with van der Waals surface area (Å²) in [6, 6.07) is 9.61. The first-order valence-electron chi connectivity index (χ1n) is 7.77. The van der Waals surface area contributed by atoms with E-state index in [2.05, 4.69) is 5.32 Å². The average Bonchev–Trinajstić information content (AvgIpc) is 2.67. The molecule has 1 aliphatic rings. The van der Waals surface area contributed by atoms with Crippen molar-refractivity contribution in [1.82, 2.24) is 5.32 Å². The van der Waals surface area contributed by atoms with Crippen molar-refractivity contribution in [3.05, 3.63) is 35.9 Å². The molecule has 2 rings (SSSR count). The van der Waals surface area contributed by atoms with Gasteiger partial charge in [0, 0.05) is 5.54 Å². The highest BCUT2D eigenvalue weighted by Crippen LogP contribution is 2.31. The van der Waals surface area contributed by atoms with E-state index >= 15 is 0 Å². The standard InChI is InChI=1S/C18H23NO4/c1-17(2,3)19-16(22)18(4)14(20)13(15(21)23-18)11-10-12-8-6-5-7-9-12/h5-9,13H,10-11H2,1-4H3,(H,19,22). The number of aryl methyl sites for hydroxylation is 1. The molecule has 0 aromatic heterocycles. The zero-order chi connectivity index (χ0) is 17.3. The van der Waals surface area contributed by atoms with E-state index in [-0.39, 0.29) is 0 Å². The normalized spacial score (nSPS) is 24.4. The summed E-state index contributed by atoms with van der Waals surface area (Å²) in [6.45, 7) is 6.80. The molecule has 0 aliphatic carbocycles. The van der Waals surface area contributed by atoms with Gasteiger partial charge in [-0.1, -0.05) is 30.3 Å². The van der Waals surface area contributed by atoms with Crippen LogP contribution in [0.5, 0.6) is 0 Å². The largest absolute Gasteiger partial charge is 0.440 e.